The fourth-order valence-electron chi connectivity index (χ4n) is 0.344. The van der Waals surface area contributed by atoms with E-state index < -0.39 is 8.60 Å². The van der Waals surface area contributed by atoms with Crippen molar-refractivity contribution in [1.29, 1.82) is 0 Å². The van der Waals surface area contributed by atoms with E-state index in [4.69, 9.17) is 15.5 Å². The third-order valence-corrected chi connectivity index (χ3v) is 1.79. The van der Waals surface area contributed by atoms with Gasteiger partial charge in [-0.05, 0) is 13.8 Å². The summed E-state index contributed by atoms with van der Waals surface area (Å²) in [6.45, 7) is 4.81. The minimum Gasteiger partial charge on any atom is -0.373 e. The largest absolute Gasteiger partial charge is 0.406 e. The van der Waals surface area contributed by atoms with Gasteiger partial charge in [-0.2, -0.15) is 0 Å². The molecule has 0 saturated carbocycles. The molecule has 0 aliphatic heterocycles. The summed E-state index contributed by atoms with van der Waals surface area (Å²) in [5, 5.41) is 0. The molecule has 0 heterocycles. The van der Waals surface area contributed by atoms with Crippen LogP contribution in [0.15, 0.2) is 0 Å². The first-order valence-electron chi connectivity index (χ1n) is 3.03. The maximum Gasteiger partial charge on any atom is 0.406 e. The van der Waals surface area contributed by atoms with Crippen molar-refractivity contribution in [1.82, 2.24) is 0 Å². The van der Waals surface area contributed by atoms with Gasteiger partial charge >= 0.3 is 8.60 Å². The van der Waals surface area contributed by atoms with E-state index in [1.54, 1.807) is 0 Å². The first kappa shape index (κ1) is 9.71. The van der Waals surface area contributed by atoms with Crippen molar-refractivity contribution >= 4 is 8.60 Å². The SMILES string of the molecule is C#COP(OCC)OCC. The van der Waals surface area contributed by atoms with E-state index in [0.717, 1.165) is 0 Å². The zero-order valence-electron chi connectivity index (χ0n) is 6.16. The third-order valence-electron chi connectivity index (χ3n) is 0.596. The Morgan fingerprint density at radius 1 is 1.30 bits per heavy atom. The van der Waals surface area contributed by atoms with Gasteiger partial charge in [0, 0.05) is 0 Å². The molecule has 0 aromatic rings. The lowest BCUT2D eigenvalue weighted by Crippen LogP contribution is -1.90. The summed E-state index contributed by atoms with van der Waals surface area (Å²) < 4.78 is 14.7. The van der Waals surface area contributed by atoms with Crippen LogP contribution in [0.25, 0.3) is 0 Å². The molecule has 4 heteroatoms. The van der Waals surface area contributed by atoms with E-state index in [1.165, 1.54) is 0 Å². The first-order chi connectivity index (χ1) is 4.85. The van der Waals surface area contributed by atoms with E-state index in [-0.39, 0.29) is 0 Å². The highest BCUT2D eigenvalue weighted by atomic mass is 31.2. The van der Waals surface area contributed by atoms with Crippen LogP contribution in [-0.2, 0) is 13.6 Å². The molecule has 0 atom stereocenters. The Hall–Kier alpha value is -0.290. The third kappa shape index (κ3) is 4.58. The highest BCUT2D eigenvalue weighted by molar-refractivity contribution is 7.41. The Balaban J connectivity index is 3.42. The van der Waals surface area contributed by atoms with Gasteiger partial charge in [0.25, 0.3) is 0 Å². The highest BCUT2D eigenvalue weighted by Gasteiger charge is 2.09. The number of hydrogen-bond donors (Lipinski definition) is 0. The van der Waals surface area contributed by atoms with Crippen molar-refractivity contribution in [2.45, 2.75) is 13.8 Å². The molecule has 58 valence electrons. The Bertz CT molecular complexity index is 104. The molecule has 0 spiro atoms. The van der Waals surface area contributed by atoms with Gasteiger partial charge in [0.1, 0.15) is 6.11 Å². The lowest BCUT2D eigenvalue weighted by atomic mass is 10.9. The molecule has 0 aliphatic carbocycles. The Labute approximate surface area is 62.7 Å². The van der Waals surface area contributed by atoms with Crippen LogP contribution in [0.3, 0.4) is 0 Å². The Morgan fingerprint density at radius 3 is 2.10 bits per heavy atom. The quantitative estimate of drug-likeness (QED) is 0.456. The highest BCUT2D eigenvalue weighted by Crippen LogP contribution is 2.38. The molecule has 0 saturated heterocycles. The zero-order valence-corrected chi connectivity index (χ0v) is 7.06. The predicted molar refractivity (Wildman–Crippen MR) is 40.1 cm³/mol. The van der Waals surface area contributed by atoms with Crippen molar-refractivity contribution in [3.63, 3.8) is 0 Å². The molecule has 0 aliphatic rings. The van der Waals surface area contributed by atoms with E-state index >= 15 is 0 Å². The second kappa shape index (κ2) is 6.82. The first-order valence-corrected chi connectivity index (χ1v) is 4.13. The molecule has 0 N–H and O–H groups in total. The van der Waals surface area contributed by atoms with E-state index in [0.29, 0.717) is 13.2 Å². The van der Waals surface area contributed by atoms with Gasteiger partial charge in [-0.15, -0.1) is 0 Å². The molecule has 10 heavy (non-hydrogen) atoms. The minimum atomic E-state index is -1.30. The summed E-state index contributed by atoms with van der Waals surface area (Å²) in [6, 6.07) is 0. The van der Waals surface area contributed by atoms with Crippen LogP contribution in [0, 0.1) is 12.5 Å². The Kier molecular flexibility index (Phi) is 6.63. The fraction of sp³-hybridized carbons (Fsp3) is 0.667. The van der Waals surface area contributed by atoms with E-state index in [1.807, 2.05) is 20.0 Å². The van der Waals surface area contributed by atoms with Crippen LogP contribution >= 0.6 is 8.60 Å². The van der Waals surface area contributed by atoms with Crippen molar-refractivity contribution in [3.05, 3.63) is 0 Å². The predicted octanol–water partition coefficient (Wildman–Crippen LogP) is 1.89. The van der Waals surface area contributed by atoms with E-state index in [9.17, 15) is 0 Å². The average Bonchev–Trinajstić information content (AvgIpc) is 1.90. The summed E-state index contributed by atoms with van der Waals surface area (Å²) >= 11 is 0. The standard InChI is InChI=1S/C6H11O3P/c1-4-7-10(8-5-2)9-6-3/h1H,5-6H2,2-3H3. The van der Waals surface area contributed by atoms with Gasteiger partial charge in [-0.1, -0.05) is 6.42 Å². The van der Waals surface area contributed by atoms with Crippen LogP contribution < -0.4 is 0 Å². The average molecular weight is 162 g/mol. The maximum absolute atomic E-state index is 5.00. The molecular formula is C6H11O3P. The van der Waals surface area contributed by atoms with Gasteiger partial charge in [0.15, 0.2) is 0 Å². The second-order valence-corrected chi connectivity index (χ2v) is 2.41. The lowest BCUT2D eigenvalue weighted by molar-refractivity contribution is 0.213. The fourth-order valence-corrected chi connectivity index (χ4v) is 1.03. The van der Waals surface area contributed by atoms with Crippen LogP contribution in [0.4, 0.5) is 0 Å². The van der Waals surface area contributed by atoms with E-state index in [2.05, 4.69) is 4.52 Å². The summed E-state index contributed by atoms with van der Waals surface area (Å²) in [7, 11) is -1.30. The van der Waals surface area contributed by atoms with Gasteiger partial charge in [0.05, 0.1) is 13.2 Å². The smallest absolute Gasteiger partial charge is 0.373 e. The van der Waals surface area contributed by atoms with Gasteiger partial charge in [0.2, 0.25) is 0 Å². The minimum absolute atomic E-state index is 0.549. The zero-order chi connectivity index (χ0) is 7.82. The Morgan fingerprint density at radius 2 is 1.80 bits per heavy atom. The van der Waals surface area contributed by atoms with Crippen molar-refractivity contribution in [2.75, 3.05) is 13.2 Å². The van der Waals surface area contributed by atoms with Gasteiger partial charge < -0.3 is 13.6 Å². The maximum atomic E-state index is 5.00. The summed E-state index contributed by atoms with van der Waals surface area (Å²) in [5.41, 5.74) is 0. The molecule has 0 aromatic carbocycles. The lowest BCUT2D eigenvalue weighted by Gasteiger charge is -2.09. The monoisotopic (exact) mass is 162 g/mol. The molecule has 0 amide bonds. The number of rotatable bonds is 5. The summed E-state index contributed by atoms with van der Waals surface area (Å²) in [4.78, 5) is 0. The van der Waals surface area contributed by atoms with Crippen LogP contribution in [0.1, 0.15) is 13.8 Å². The molecule has 0 fully saturated rings. The molecule has 3 nitrogen and oxygen atoms in total. The van der Waals surface area contributed by atoms with Crippen molar-refractivity contribution < 1.29 is 13.6 Å². The molecule has 0 unspecified atom stereocenters. The summed E-state index contributed by atoms with van der Waals surface area (Å²) in [6.07, 6.45) is 6.89. The molecule has 0 aromatic heterocycles. The van der Waals surface area contributed by atoms with Gasteiger partial charge in [-0.3, -0.25) is 0 Å². The summed E-state index contributed by atoms with van der Waals surface area (Å²) in [5.74, 6) is 0. The van der Waals surface area contributed by atoms with Crippen LogP contribution in [-0.4, -0.2) is 13.2 Å². The molecule has 0 bridgehead atoms. The molecule has 0 rings (SSSR count). The molecular weight excluding hydrogens is 151 g/mol. The number of terminal acetylenes is 1. The van der Waals surface area contributed by atoms with Gasteiger partial charge in [-0.25, -0.2) is 0 Å². The number of hydrogen-bond acceptors (Lipinski definition) is 3. The molecule has 0 radical (unpaired) electrons. The second-order valence-electron chi connectivity index (χ2n) is 1.27. The topological polar surface area (TPSA) is 27.7 Å². The van der Waals surface area contributed by atoms with Crippen molar-refractivity contribution in [2.24, 2.45) is 0 Å². The van der Waals surface area contributed by atoms with Crippen molar-refractivity contribution in [3.8, 4) is 12.5 Å². The van der Waals surface area contributed by atoms with Crippen LogP contribution in [0.2, 0.25) is 0 Å². The normalized spacial score (nSPS) is 9.40. The van der Waals surface area contributed by atoms with Crippen LogP contribution in [0.5, 0.6) is 0 Å².